The summed E-state index contributed by atoms with van der Waals surface area (Å²) < 4.78 is 10.3. The van der Waals surface area contributed by atoms with Crippen LogP contribution in [0.2, 0.25) is 0 Å². The van der Waals surface area contributed by atoms with E-state index in [1.165, 1.54) is 0 Å². The number of carbonyl (C=O) groups excluding carboxylic acids is 1. The van der Waals surface area contributed by atoms with E-state index in [1.807, 2.05) is 42.8 Å². The summed E-state index contributed by atoms with van der Waals surface area (Å²) in [6, 6.07) is 7.45. The van der Waals surface area contributed by atoms with Gasteiger partial charge in [-0.3, -0.25) is 9.48 Å². The molecule has 0 fully saturated rings. The Hall–Kier alpha value is -3.55. The van der Waals surface area contributed by atoms with Crippen molar-refractivity contribution in [2.75, 3.05) is 6.54 Å². The van der Waals surface area contributed by atoms with Crippen molar-refractivity contribution in [1.82, 2.24) is 44.5 Å². The minimum atomic E-state index is -0.473. The van der Waals surface area contributed by atoms with Gasteiger partial charge in [0.2, 0.25) is 0 Å². The van der Waals surface area contributed by atoms with E-state index in [2.05, 4.69) is 47.9 Å². The van der Waals surface area contributed by atoms with Crippen LogP contribution in [-0.4, -0.2) is 56.9 Å². The first-order valence-electron chi connectivity index (χ1n) is 10.3. The number of halogens is 1. The van der Waals surface area contributed by atoms with Crippen molar-refractivity contribution in [3.05, 3.63) is 69.2 Å². The Morgan fingerprint density at radius 3 is 2.97 bits per heavy atom. The van der Waals surface area contributed by atoms with E-state index in [0.29, 0.717) is 18.5 Å². The molecular formula is C21H18IN9O2. The Morgan fingerprint density at radius 1 is 1.30 bits per heavy atom. The highest BCUT2D eigenvalue weighted by molar-refractivity contribution is 14.1. The van der Waals surface area contributed by atoms with Gasteiger partial charge >= 0.3 is 11.8 Å². The predicted octanol–water partition coefficient (Wildman–Crippen LogP) is 2.54. The molecule has 166 valence electrons. The number of aromatic amines is 1. The lowest BCUT2D eigenvalue weighted by atomic mass is 9.99. The van der Waals surface area contributed by atoms with E-state index >= 15 is 0 Å². The number of aromatic nitrogens is 8. The molecule has 0 saturated carbocycles. The van der Waals surface area contributed by atoms with Crippen molar-refractivity contribution < 1.29 is 9.21 Å². The predicted molar refractivity (Wildman–Crippen MR) is 124 cm³/mol. The molecule has 0 bridgehead atoms. The van der Waals surface area contributed by atoms with E-state index in [1.54, 1.807) is 22.1 Å². The molecule has 12 heteroatoms. The molecule has 0 spiro atoms. The first-order valence-corrected chi connectivity index (χ1v) is 11.4. The third kappa shape index (κ3) is 3.15. The molecule has 1 amide bonds. The third-order valence-electron chi connectivity index (χ3n) is 6.00. The fraction of sp³-hybridized carbons (Fsp3) is 0.238. The van der Waals surface area contributed by atoms with Gasteiger partial charge in [0.1, 0.15) is 9.74 Å². The van der Waals surface area contributed by atoms with Gasteiger partial charge in [0.25, 0.3) is 5.89 Å². The molecule has 0 aliphatic carbocycles. The highest BCUT2D eigenvalue weighted by Gasteiger charge is 2.38. The monoisotopic (exact) mass is 555 g/mol. The second-order valence-electron chi connectivity index (χ2n) is 7.85. The number of nitrogens with zero attached hydrogens (tertiary/aromatic N) is 8. The standard InChI is InChI=1S/C21H18IN9O2/c1-11-13(9-25-29(11)2)19-26-27-20(33-19)21(32)30-7-6-14-17(24-10-23-14)18(30)15-8-12-4-3-5-16(22)31(12)28-15/h3-5,8-10,18H,6-7H2,1-2H3,(H,23,24)/t18-/m0/s1. The van der Waals surface area contributed by atoms with Crippen molar-refractivity contribution in [3.8, 4) is 11.5 Å². The highest BCUT2D eigenvalue weighted by atomic mass is 127. The second-order valence-corrected chi connectivity index (χ2v) is 8.96. The zero-order valence-corrected chi connectivity index (χ0v) is 19.9. The number of nitrogens with one attached hydrogen (secondary N) is 1. The number of pyridine rings is 1. The zero-order valence-electron chi connectivity index (χ0n) is 17.7. The molecule has 0 radical (unpaired) electrons. The Kier molecular flexibility index (Phi) is 4.57. The SMILES string of the molecule is Cc1c(-c2nnc(C(=O)N3CCc4[nH]cnc4[C@@H]3c3cc4cccc(I)n4n3)o2)cnn1C. The summed E-state index contributed by atoms with van der Waals surface area (Å²) in [6.45, 7) is 2.37. The van der Waals surface area contributed by atoms with Gasteiger partial charge in [0, 0.05) is 31.4 Å². The number of carbonyl (C=O) groups is 1. The average molecular weight is 555 g/mol. The summed E-state index contributed by atoms with van der Waals surface area (Å²) in [5.41, 5.74) is 5.00. The molecule has 5 aromatic rings. The second kappa shape index (κ2) is 7.50. The molecule has 11 nitrogen and oxygen atoms in total. The van der Waals surface area contributed by atoms with Crippen molar-refractivity contribution in [2.45, 2.75) is 19.4 Å². The smallest absolute Gasteiger partial charge is 0.312 e. The number of H-pyrrole nitrogens is 1. The molecule has 0 unspecified atom stereocenters. The zero-order chi connectivity index (χ0) is 22.7. The van der Waals surface area contributed by atoms with E-state index in [9.17, 15) is 4.79 Å². The van der Waals surface area contributed by atoms with Crippen molar-refractivity contribution in [2.24, 2.45) is 7.05 Å². The highest BCUT2D eigenvalue weighted by Crippen LogP contribution is 2.34. The van der Waals surface area contributed by atoms with Gasteiger partial charge in [-0.05, 0) is 47.7 Å². The molecule has 5 aromatic heterocycles. The van der Waals surface area contributed by atoms with Gasteiger partial charge in [-0.15, -0.1) is 10.2 Å². The quantitative estimate of drug-likeness (QED) is 0.268. The van der Waals surface area contributed by atoms with Crippen LogP contribution in [-0.2, 0) is 13.5 Å². The average Bonchev–Trinajstić information content (AvgIpc) is 3.60. The summed E-state index contributed by atoms with van der Waals surface area (Å²) in [6.07, 6.45) is 3.95. The van der Waals surface area contributed by atoms with Crippen molar-refractivity contribution in [3.63, 3.8) is 0 Å². The number of aryl methyl sites for hydroxylation is 1. The Labute approximate surface area is 201 Å². The van der Waals surface area contributed by atoms with Crippen LogP contribution < -0.4 is 0 Å². The van der Waals surface area contributed by atoms with Gasteiger partial charge in [0.05, 0.1) is 35.0 Å². The van der Waals surface area contributed by atoms with E-state index in [-0.39, 0.29) is 17.7 Å². The van der Waals surface area contributed by atoms with Crippen LogP contribution in [0.1, 0.15) is 39.5 Å². The molecule has 1 aliphatic heterocycles. The first-order chi connectivity index (χ1) is 16.0. The van der Waals surface area contributed by atoms with E-state index in [0.717, 1.165) is 32.0 Å². The Balaban J connectivity index is 1.41. The maximum Gasteiger partial charge on any atom is 0.312 e. The third-order valence-corrected chi connectivity index (χ3v) is 6.82. The topological polar surface area (TPSA) is 123 Å². The molecular weight excluding hydrogens is 537 g/mol. The van der Waals surface area contributed by atoms with Crippen molar-refractivity contribution in [1.29, 1.82) is 0 Å². The van der Waals surface area contributed by atoms with Crippen molar-refractivity contribution >= 4 is 34.0 Å². The molecule has 0 saturated heterocycles. The summed E-state index contributed by atoms with van der Waals surface area (Å²) >= 11 is 2.24. The fourth-order valence-electron chi connectivity index (χ4n) is 4.18. The molecule has 6 heterocycles. The molecule has 33 heavy (non-hydrogen) atoms. The lowest BCUT2D eigenvalue weighted by Crippen LogP contribution is -2.41. The maximum atomic E-state index is 13.6. The summed E-state index contributed by atoms with van der Waals surface area (Å²) in [7, 11) is 1.83. The fourth-order valence-corrected chi connectivity index (χ4v) is 4.77. The Bertz CT molecular complexity index is 1510. The van der Waals surface area contributed by atoms with Gasteiger partial charge in [-0.25, -0.2) is 9.50 Å². The van der Waals surface area contributed by atoms with Crippen LogP contribution in [0.4, 0.5) is 0 Å². The lowest BCUT2D eigenvalue weighted by Gasteiger charge is -2.32. The first kappa shape index (κ1) is 20.1. The molecule has 6 rings (SSSR count). The van der Waals surface area contributed by atoms with E-state index < -0.39 is 6.04 Å². The van der Waals surface area contributed by atoms with Gasteiger partial charge in [-0.2, -0.15) is 10.2 Å². The van der Waals surface area contributed by atoms with Gasteiger partial charge < -0.3 is 14.3 Å². The van der Waals surface area contributed by atoms with Crippen LogP contribution in [0.3, 0.4) is 0 Å². The largest absolute Gasteiger partial charge is 0.412 e. The van der Waals surface area contributed by atoms with Crippen LogP contribution in [0.25, 0.3) is 17.0 Å². The van der Waals surface area contributed by atoms with Crippen LogP contribution in [0.15, 0.2) is 41.2 Å². The summed E-state index contributed by atoms with van der Waals surface area (Å²) in [5.74, 6) is -0.170. The molecule has 1 atom stereocenters. The number of fused-ring (bicyclic) bond motifs is 2. The van der Waals surface area contributed by atoms with Crippen LogP contribution in [0, 0.1) is 10.6 Å². The van der Waals surface area contributed by atoms with Gasteiger partial charge in [0.15, 0.2) is 0 Å². The van der Waals surface area contributed by atoms with Crippen LogP contribution >= 0.6 is 22.6 Å². The molecule has 1 N–H and O–H groups in total. The summed E-state index contributed by atoms with van der Waals surface area (Å²) in [4.78, 5) is 23.0. The number of hydrogen-bond acceptors (Lipinski definition) is 7. The van der Waals surface area contributed by atoms with E-state index in [4.69, 9.17) is 9.52 Å². The molecule has 0 aromatic carbocycles. The van der Waals surface area contributed by atoms with Crippen LogP contribution in [0.5, 0.6) is 0 Å². The number of amides is 1. The van der Waals surface area contributed by atoms with Gasteiger partial charge in [-0.1, -0.05) is 6.07 Å². The minimum Gasteiger partial charge on any atom is -0.412 e. The lowest BCUT2D eigenvalue weighted by molar-refractivity contribution is 0.0646. The molecule has 1 aliphatic rings. The number of imidazole rings is 1. The summed E-state index contributed by atoms with van der Waals surface area (Å²) in [5, 5.41) is 17.1. The normalized spacial score (nSPS) is 15.8. The number of hydrogen-bond donors (Lipinski definition) is 1. The maximum absolute atomic E-state index is 13.6. The Morgan fingerprint density at radius 2 is 2.18 bits per heavy atom. The number of rotatable bonds is 3. The minimum absolute atomic E-state index is 0.0735.